The van der Waals surface area contributed by atoms with Crippen molar-refractivity contribution in [2.45, 2.75) is 43.6 Å². The molecule has 0 aliphatic rings. The average Bonchev–Trinajstić information content (AvgIpc) is 2.68. The molecule has 0 heterocycles. The molecular formula is C21H23F6NO3S. The summed E-state index contributed by atoms with van der Waals surface area (Å²) in [7, 11) is -4.07. The average molecular weight is 483 g/mol. The normalized spacial score (nSPS) is 13.4. The Morgan fingerprint density at radius 3 is 1.78 bits per heavy atom. The Labute approximate surface area is 182 Å². The molecule has 0 aliphatic carbocycles. The van der Waals surface area contributed by atoms with Gasteiger partial charge in [-0.1, -0.05) is 44.2 Å². The molecule has 4 nitrogen and oxygen atoms in total. The first-order valence-electron chi connectivity index (χ1n) is 9.64. The van der Waals surface area contributed by atoms with Crippen LogP contribution >= 0.6 is 0 Å². The molecule has 0 amide bonds. The van der Waals surface area contributed by atoms with Gasteiger partial charge < -0.3 is 4.74 Å². The van der Waals surface area contributed by atoms with Crippen LogP contribution < -0.4 is 4.31 Å². The van der Waals surface area contributed by atoms with Crippen LogP contribution in [-0.4, -0.2) is 33.9 Å². The molecule has 0 radical (unpaired) electrons. The van der Waals surface area contributed by atoms with Crippen molar-refractivity contribution < 1.29 is 39.5 Å². The Kier molecular flexibility index (Phi) is 7.55. The number of benzene rings is 2. The van der Waals surface area contributed by atoms with Gasteiger partial charge in [0.1, 0.15) is 0 Å². The van der Waals surface area contributed by atoms with Crippen molar-refractivity contribution >= 4 is 15.7 Å². The zero-order chi connectivity index (χ0) is 24.4. The van der Waals surface area contributed by atoms with E-state index in [2.05, 4.69) is 4.74 Å². The third-order valence-corrected chi connectivity index (χ3v) is 6.53. The molecule has 0 atom stereocenters. The molecule has 178 valence electrons. The Balaban J connectivity index is 2.57. The fourth-order valence-corrected chi connectivity index (χ4v) is 4.59. The first-order chi connectivity index (χ1) is 14.7. The first kappa shape index (κ1) is 26.0. The number of ether oxygens (including phenoxy) is 1. The van der Waals surface area contributed by atoms with E-state index in [-0.39, 0.29) is 17.1 Å². The summed E-state index contributed by atoms with van der Waals surface area (Å²) in [6.07, 6.45) is -11.6. The van der Waals surface area contributed by atoms with Gasteiger partial charge in [0.25, 0.3) is 15.6 Å². The number of hydrogen-bond donors (Lipinski definition) is 0. The second kappa shape index (κ2) is 9.30. The summed E-state index contributed by atoms with van der Waals surface area (Å²) in [6.45, 7) is 3.46. The predicted molar refractivity (Wildman–Crippen MR) is 108 cm³/mol. The number of halogens is 6. The van der Waals surface area contributed by atoms with Crippen molar-refractivity contribution in [3.63, 3.8) is 0 Å². The SMILES string of the molecule is CCN(c1ccc(C(OCC(C)C)(C(F)(F)F)C(F)(F)F)cc1)S(=O)(=O)c1ccccc1. The zero-order valence-electron chi connectivity index (χ0n) is 17.5. The van der Waals surface area contributed by atoms with Crippen molar-refractivity contribution in [3.8, 4) is 0 Å². The van der Waals surface area contributed by atoms with Crippen molar-refractivity contribution in [2.75, 3.05) is 17.5 Å². The van der Waals surface area contributed by atoms with Crippen molar-refractivity contribution in [3.05, 3.63) is 60.2 Å². The fourth-order valence-electron chi connectivity index (χ4n) is 3.10. The maximum absolute atomic E-state index is 13.8. The second-order valence-corrected chi connectivity index (χ2v) is 9.27. The Bertz CT molecular complexity index is 973. The van der Waals surface area contributed by atoms with Crippen LogP contribution in [0.1, 0.15) is 26.3 Å². The number of hydrogen-bond acceptors (Lipinski definition) is 3. The van der Waals surface area contributed by atoms with Gasteiger partial charge in [0.2, 0.25) is 0 Å². The molecule has 11 heteroatoms. The zero-order valence-corrected chi connectivity index (χ0v) is 18.4. The highest BCUT2D eigenvalue weighted by Gasteiger charge is 2.73. The molecular weight excluding hydrogens is 460 g/mol. The van der Waals surface area contributed by atoms with Crippen molar-refractivity contribution in [2.24, 2.45) is 5.92 Å². The summed E-state index contributed by atoms with van der Waals surface area (Å²) < 4.78 is 114. The summed E-state index contributed by atoms with van der Waals surface area (Å²) in [5, 5.41) is 0. The van der Waals surface area contributed by atoms with Crippen molar-refractivity contribution in [1.82, 2.24) is 0 Å². The number of sulfonamides is 1. The van der Waals surface area contributed by atoms with Crippen molar-refractivity contribution in [1.29, 1.82) is 0 Å². The monoisotopic (exact) mass is 483 g/mol. The summed E-state index contributed by atoms with van der Waals surface area (Å²) in [4.78, 5) is -0.0638. The van der Waals surface area contributed by atoms with Crippen LogP contribution in [0.4, 0.5) is 32.0 Å². The maximum atomic E-state index is 13.8. The fraction of sp³-hybridized carbons (Fsp3) is 0.429. The molecule has 32 heavy (non-hydrogen) atoms. The van der Waals surface area contributed by atoms with E-state index in [0.29, 0.717) is 12.1 Å². The molecule has 0 spiro atoms. The molecule has 0 N–H and O–H groups in total. The first-order valence-corrected chi connectivity index (χ1v) is 11.1. The lowest BCUT2D eigenvalue weighted by atomic mass is 9.91. The lowest BCUT2D eigenvalue weighted by molar-refractivity contribution is -0.391. The van der Waals surface area contributed by atoms with E-state index in [1.807, 2.05) is 0 Å². The van der Waals surface area contributed by atoms with Gasteiger partial charge in [0, 0.05) is 12.1 Å². The van der Waals surface area contributed by atoms with Gasteiger partial charge in [-0.25, -0.2) is 8.42 Å². The van der Waals surface area contributed by atoms with E-state index >= 15 is 0 Å². The minimum atomic E-state index is -5.80. The lowest BCUT2D eigenvalue weighted by Crippen LogP contribution is -2.56. The van der Waals surface area contributed by atoms with E-state index in [1.54, 1.807) is 6.07 Å². The van der Waals surface area contributed by atoms with E-state index in [1.165, 1.54) is 45.0 Å². The van der Waals surface area contributed by atoms with Gasteiger partial charge in [-0.15, -0.1) is 0 Å². The van der Waals surface area contributed by atoms with E-state index in [4.69, 9.17) is 0 Å². The topological polar surface area (TPSA) is 46.6 Å². The van der Waals surface area contributed by atoms with E-state index in [0.717, 1.165) is 16.4 Å². The lowest BCUT2D eigenvalue weighted by Gasteiger charge is -2.38. The molecule has 0 saturated heterocycles. The van der Waals surface area contributed by atoms with Crippen LogP contribution in [0.25, 0.3) is 0 Å². The molecule has 0 aliphatic heterocycles. The van der Waals surface area contributed by atoms with Crippen LogP contribution in [0.5, 0.6) is 0 Å². The molecule has 0 saturated carbocycles. The minimum absolute atomic E-state index is 0.0638. The summed E-state index contributed by atoms with van der Waals surface area (Å²) in [5.41, 5.74) is -5.81. The molecule has 0 fully saturated rings. The van der Waals surface area contributed by atoms with Gasteiger partial charge in [0.15, 0.2) is 0 Å². The summed E-state index contributed by atoms with van der Waals surface area (Å²) >= 11 is 0. The van der Waals surface area contributed by atoms with Gasteiger partial charge in [-0.3, -0.25) is 4.31 Å². The Morgan fingerprint density at radius 1 is 0.875 bits per heavy atom. The third-order valence-electron chi connectivity index (χ3n) is 4.61. The molecule has 2 aromatic rings. The Morgan fingerprint density at radius 2 is 1.38 bits per heavy atom. The van der Waals surface area contributed by atoms with Crippen LogP contribution in [-0.2, 0) is 20.4 Å². The summed E-state index contributed by atoms with van der Waals surface area (Å²) in [5.74, 6) is -0.593. The predicted octanol–water partition coefficient (Wildman–Crippen LogP) is 5.89. The number of alkyl halides is 6. The number of nitrogens with zero attached hydrogens (tertiary/aromatic N) is 1. The van der Waals surface area contributed by atoms with E-state index in [9.17, 15) is 34.8 Å². The Hall–Kier alpha value is -2.27. The molecule has 2 rings (SSSR count). The highest BCUT2D eigenvalue weighted by atomic mass is 32.2. The molecule has 2 aromatic carbocycles. The van der Waals surface area contributed by atoms with Gasteiger partial charge in [0.05, 0.1) is 17.2 Å². The van der Waals surface area contributed by atoms with Gasteiger partial charge in [-0.2, -0.15) is 26.3 Å². The highest BCUT2D eigenvalue weighted by molar-refractivity contribution is 7.92. The largest absolute Gasteiger partial charge is 0.430 e. The standard InChI is InChI=1S/C21H23F6NO3S/c1-4-28(32(29,30)18-8-6-5-7-9-18)17-12-10-16(11-13-17)19(20(22,23)24,21(25,26)27)31-14-15(2)3/h5-13,15H,4,14H2,1-3H3. The third kappa shape index (κ3) is 4.88. The number of rotatable bonds is 8. The van der Waals surface area contributed by atoms with E-state index < -0.39 is 46.1 Å². The smallest absolute Gasteiger partial charge is 0.354 e. The van der Waals surface area contributed by atoms with Crippen LogP contribution in [0, 0.1) is 5.92 Å². The minimum Gasteiger partial charge on any atom is -0.354 e. The van der Waals surface area contributed by atoms with Crippen LogP contribution in [0.15, 0.2) is 59.5 Å². The molecule has 0 bridgehead atoms. The quantitative estimate of drug-likeness (QED) is 0.440. The number of anilines is 1. The summed E-state index contributed by atoms with van der Waals surface area (Å²) in [6, 6.07) is 10.3. The van der Waals surface area contributed by atoms with Crippen LogP contribution in [0.3, 0.4) is 0 Å². The van der Waals surface area contributed by atoms with Crippen LogP contribution in [0.2, 0.25) is 0 Å². The molecule has 0 unspecified atom stereocenters. The van der Waals surface area contributed by atoms with Gasteiger partial charge in [-0.05, 0) is 37.1 Å². The maximum Gasteiger partial charge on any atom is 0.430 e. The van der Waals surface area contributed by atoms with Gasteiger partial charge >= 0.3 is 12.4 Å². The molecule has 0 aromatic heterocycles. The second-order valence-electron chi connectivity index (χ2n) is 7.41. The highest BCUT2D eigenvalue weighted by Crippen LogP contribution is 2.53.